The lowest BCUT2D eigenvalue weighted by atomic mass is 10.2. The third kappa shape index (κ3) is 2.67. The lowest BCUT2D eigenvalue weighted by Crippen LogP contribution is -2.00. The van der Waals surface area contributed by atoms with Gasteiger partial charge in [-0.1, -0.05) is 6.92 Å². The van der Waals surface area contributed by atoms with E-state index >= 15 is 0 Å². The molecule has 2 rings (SSSR count). The normalized spacial score (nSPS) is 10.4. The fraction of sp³-hybridized carbons (Fsp3) is 0.231. The van der Waals surface area contributed by atoms with E-state index in [2.05, 4.69) is 31.2 Å². The monoisotopic (exact) mass is 309 g/mol. The molecule has 0 saturated heterocycles. The summed E-state index contributed by atoms with van der Waals surface area (Å²) < 4.78 is 13.9. The Hall–Kier alpha value is -1.49. The van der Waals surface area contributed by atoms with E-state index < -0.39 is 0 Å². The fourth-order valence-corrected chi connectivity index (χ4v) is 1.82. The van der Waals surface area contributed by atoms with E-state index in [1.54, 1.807) is 19.2 Å². The topological polar surface area (TPSA) is 37.8 Å². The van der Waals surface area contributed by atoms with Crippen molar-refractivity contribution in [2.24, 2.45) is 0 Å². The minimum Gasteiger partial charge on any atom is -0.373 e. The summed E-state index contributed by atoms with van der Waals surface area (Å²) in [4.78, 5) is 8.74. The summed E-state index contributed by atoms with van der Waals surface area (Å²) in [6.45, 7) is 2.02. The molecule has 0 unspecified atom stereocenters. The smallest absolute Gasteiger partial charge is 0.161 e. The summed E-state index contributed by atoms with van der Waals surface area (Å²) in [6.07, 6.45) is 0.809. The molecule has 18 heavy (non-hydrogen) atoms. The Labute approximate surface area is 114 Å². The molecule has 1 heterocycles. The highest BCUT2D eigenvalue weighted by Crippen LogP contribution is 2.23. The van der Waals surface area contributed by atoms with Gasteiger partial charge in [0.2, 0.25) is 0 Å². The average molecular weight is 310 g/mol. The molecule has 0 spiro atoms. The molecular formula is C13H13BrFN3. The van der Waals surface area contributed by atoms with Crippen LogP contribution in [0.1, 0.15) is 12.6 Å². The van der Waals surface area contributed by atoms with Crippen LogP contribution in [-0.2, 0) is 6.42 Å². The second-order valence-electron chi connectivity index (χ2n) is 3.80. The summed E-state index contributed by atoms with van der Waals surface area (Å²) in [7, 11) is 1.80. The highest BCUT2D eigenvalue weighted by atomic mass is 79.9. The van der Waals surface area contributed by atoms with Gasteiger partial charge in [0.1, 0.15) is 11.6 Å². The standard InChI is InChI=1S/C13H13BrFN3/c1-3-9-7-12(16-2)18-13(17-9)8-4-5-10(14)11(15)6-8/h4-7H,3H2,1-2H3,(H,16,17,18). The second kappa shape index (κ2) is 5.44. The zero-order chi connectivity index (χ0) is 13.1. The Balaban J connectivity index is 2.51. The van der Waals surface area contributed by atoms with Gasteiger partial charge in [-0.05, 0) is 40.5 Å². The van der Waals surface area contributed by atoms with Crippen LogP contribution < -0.4 is 5.32 Å². The summed E-state index contributed by atoms with van der Waals surface area (Å²) in [5, 5.41) is 2.98. The van der Waals surface area contributed by atoms with Crippen molar-refractivity contribution in [3.8, 4) is 11.4 Å². The number of hydrogen-bond donors (Lipinski definition) is 1. The van der Waals surface area contributed by atoms with Crippen molar-refractivity contribution in [3.05, 3.63) is 40.2 Å². The molecule has 5 heteroatoms. The van der Waals surface area contributed by atoms with Crippen LogP contribution in [-0.4, -0.2) is 17.0 Å². The van der Waals surface area contributed by atoms with Gasteiger partial charge >= 0.3 is 0 Å². The van der Waals surface area contributed by atoms with E-state index in [1.807, 2.05) is 13.0 Å². The number of benzene rings is 1. The molecule has 3 nitrogen and oxygen atoms in total. The molecule has 0 radical (unpaired) electrons. The predicted molar refractivity (Wildman–Crippen MR) is 74.1 cm³/mol. The number of nitrogens with one attached hydrogen (secondary N) is 1. The van der Waals surface area contributed by atoms with Gasteiger partial charge in [0.05, 0.1) is 4.47 Å². The first kappa shape index (κ1) is 13.0. The Morgan fingerprint density at radius 1 is 1.28 bits per heavy atom. The van der Waals surface area contributed by atoms with E-state index in [0.29, 0.717) is 15.9 Å². The van der Waals surface area contributed by atoms with Gasteiger partial charge in [-0.3, -0.25) is 0 Å². The summed E-state index contributed by atoms with van der Waals surface area (Å²) >= 11 is 3.13. The van der Waals surface area contributed by atoms with Crippen LogP contribution in [0.25, 0.3) is 11.4 Å². The maximum absolute atomic E-state index is 13.5. The SMILES string of the molecule is CCc1cc(NC)nc(-c2ccc(Br)c(F)c2)n1. The first-order valence-electron chi connectivity index (χ1n) is 5.65. The molecule has 0 aliphatic heterocycles. The van der Waals surface area contributed by atoms with Crippen LogP contribution in [0.15, 0.2) is 28.7 Å². The quantitative estimate of drug-likeness (QED) is 0.940. The minimum absolute atomic E-state index is 0.316. The molecule has 94 valence electrons. The lowest BCUT2D eigenvalue weighted by Gasteiger charge is -2.07. The summed E-state index contributed by atoms with van der Waals surface area (Å²) in [6, 6.07) is 6.77. The second-order valence-corrected chi connectivity index (χ2v) is 4.65. The third-order valence-electron chi connectivity index (χ3n) is 2.58. The molecule has 1 N–H and O–H groups in total. The van der Waals surface area contributed by atoms with Crippen LogP contribution in [0.2, 0.25) is 0 Å². The molecule has 0 saturated carbocycles. The highest BCUT2D eigenvalue weighted by molar-refractivity contribution is 9.10. The van der Waals surface area contributed by atoms with Gasteiger partial charge in [-0.25, -0.2) is 14.4 Å². The molecule has 0 bridgehead atoms. The van der Waals surface area contributed by atoms with Gasteiger partial charge < -0.3 is 5.32 Å². The largest absolute Gasteiger partial charge is 0.373 e. The lowest BCUT2D eigenvalue weighted by molar-refractivity contribution is 0.621. The number of aromatic nitrogens is 2. The van der Waals surface area contributed by atoms with Crippen molar-refractivity contribution in [2.45, 2.75) is 13.3 Å². The molecule has 0 aliphatic rings. The van der Waals surface area contributed by atoms with Gasteiger partial charge in [0.25, 0.3) is 0 Å². The van der Waals surface area contributed by atoms with Crippen molar-refractivity contribution in [3.63, 3.8) is 0 Å². The van der Waals surface area contributed by atoms with Crippen molar-refractivity contribution in [1.29, 1.82) is 0 Å². The van der Waals surface area contributed by atoms with E-state index in [1.165, 1.54) is 6.07 Å². The van der Waals surface area contributed by atoms with Crippen molar-refractivity contribution in [2.75, 3.05) is 12.4 Å². The number of nitrogens with zero attached hydrogens (tertiary/aromatic N) is 2. The van der Waals surface area contributed by atoms with Crippen LogP contribution in [0.5, 0.6) is 0 Å². The third-order valence-corrected chi connectivity index (χ3v) is 3.22. The molecule has 1 aromatic carbocycles. The van der Waals surface area contributed by atoms with Crippen LogP contribution >= 0.6 is 15.9 Å². The number of rotatable bonds is 3. The number of hydrogen-bond acceptors (Lipinski definition) is 3. The molecule has 0 amide bonds. The number of aryl methyl sites for hydroxylation is 1. The Kier molecular flexibility index (Phi) is 3.91. The van der Waals surface area contributed by atoms with Gasteiger partial charge in [0.15, 0.2) is 5.82 Å². The van der Waals surface area contributed by atoms with E-state index in [4.69, 9.17) is 0 Å². The molecule has 1 aromatic heterocycles. The van der Waals surface area contributed by atoms with Crippen molar-refractivity contribution in [1.82, 2.24) is 9.97 Å². The molecule has 0 aliphatic carbocycles. The Morgan fingerprint density at radius 3 is 2.67 bits per heavy atom. The zero-order valence-electron chi connectivity index (χ0n) is 10.2. The summed E-state index contributed by atoms with van der Waals surface area (Å²) in [5.41, 5.74) is 1.59. The fourth-order valence-electron chi connectivity index (χ4n) is 1.57. The van der Waals surface area contributed by atoms with Crippen LogP contribution in [0, 0.1) is 5.82 Å². The minimum atomic E-state index is -0.316. The predicted octanol–water partition coefficient (Wildman–Crippen LogP) is 3.65. The number of halogens is 2. The van der Waals surface area contributed by atoms with E-state index in [0.717, 1.165) is 17.9 Å². The number of anilines is 1. The Bertz CT molecular complexity index is 550. The first-order valence-corrected chi connectivity index (χ1v) is 6.44. The van der Waals surface area contributed by atoms with Gasteiger partial charge in [0, 0.05) is 24.4 Å². The van der Waals surface area contributed by atoms with E-state index in [9.17, 15) is 4.39 Å². The maximum atomic E-state index is 13.5. The van der Waals surface area contributed by atoms with Gasteiger partial charge in [-0.15, -0.1) is 0 Å². The Morgan fingerprint density at radius 2 is 2.06 bits per heavy atom. The zero-order valence-corrected chi connectivity index (χ0v) is 11.8. The average Bonchev–Trinajstić information content (AvgIpc) is 2.41. The van der Waals surface area contributed by atoms with Crippen molar-refractivity contribution < 1.29 is 4.39 Å². The molecule has 2 aromatic rings. The maximum Gasteiger partial charge on any atom is 0.161 e. The van der Waals surface area contributed by atoms with E-state index in [-0.39, 0.29) is 5.82 Å². The first-order chi connectivity index (χ1) is 8.63. The van der Waals surface area contributed by atoms with Crippen molar-refractivity contribution >= 4 is 21.7 Å². The summed E-state index contributed by atoms with van der Waals surface area (Å²) in [5.74, 6) is 0.953. The van der Waals surface area contributed by atoms with Crippen LogP contribution in [0.3, 0.4) is 0 Å². The van der Waals surface area contributed by atoms with Crippen LogP contribution in [0.4, 0.5) is 10.2 Å². The highest BCUT2D eigenvalue weighted by Gasteiger charge is 2.08. The molecular weight excluding hydrogens is 297 g/mol. The molecule has 0 fully saturated rings. The molecule has 0 atom stereocenters. The van der Waals surface area contributed by atoms with Gasteiger partial charge in [-0.2, -0.15) is 0 Å².